The van der Waals surface area contributed by atoms with E-state index in [4.69, 9.17) is 19.2 Å². The summed E-state index contributed by atoms with van der Waals surface area (Å²) >= 11 is -0.752. The Kier molecular flexibility index (Phi) is 5.00. The summed E-state index contributed by atoms with van der Waals surface area (Å²) in [6.07, 6.45) is 2.92. The molecule has 0 radical (unpaired) electrons. The predicted molar refractivity (Wildman–Crippen MR) is 119 cm³/mol. The van der Waals surface area contributed by atoms with Crippen LogP contribution in [0.25, 0.3) is 28.3 Å². The third kappa shape index (κ3) is 3.62. The molecule has 2 fully saturated rings. The highest BCUT2D eigenvalue weighted by atomic mass is 32.2. The minimum absolute atomic E-state index is 0.479. The predicted octanol–water partition coefficient (Wildman–Crippen LogP) is 3.29. The summed E-state index contributed by atoms with van der Waals surface area (Å²) in [7, 11) is 0. The van der Waals surface area contributed by atoms with Crippen LogP contribution >= 0.6 is 0 Å². The van der Waals surface area contributed by atoms with Gasteiger partial charge in [0.2, 0.25) is 0 Å². The molecule has 8 nitrogen and oxygen atoms in total. The number of aryl methyl sites for hydroxylation is 1. The van der Waals surface area contributed by atoms with Crippen LogP contribution in [-0.2, 0) is 27.4 Å². The molecular weight excluding hydrogens is 428 g/mol. The second-order valence-electron chi connectivity index (χ2n) is 7.95. The van der Waals surface area contributed by atoms with Crippen LogP contribution in [0.1, 0.15) is 12.2 Å². The Morgan fingerprint density at radius 2 is 1.75 bits per heavy atom. The summed E-state index contributed by atoms with van der Waals surface area (Å²) in [5.74, 6) is 1.30. The molecule has 0 amide bonds. The van der Waals surface area contributed by atoms with Crippen molar-refractivity contribution >= 4 is 22.2 Å². The van der Waals surface area contributed by atoms with Crippen molar-refractivity contribution in [2.45, 2.75) is 18.8 Å². The van der Waals surface area contributed by atoms with Crippen LogP contribution in [0.4, 0.5) is 0 Å². The Morgan fingerprint density at radius 1 is 1.00 bits per heavy atom. The molecule has 2 aliphatic rings. The van der Waals surface area contributed by atoms with E-state index < -0.39 is 17.1 Å². The molecule has 0 unspecified atom stereocenters. The van der Waals surface area contributed by atoms with E-state index in [2.05, 4.69) is 9.88 Å². The first-order valence-electron chi connectivity index (χ1n) is 10.7. The van der Waals surface area contributed by atoms with Crippen LogP contribution in [0.15, 0.2) is 65.3 Å². The molecule has 0 saturated carbocycles. The van der Waals surface area contributed by atoms with Crippen molar-refractivity contribution in [3.8, 4) is 17.3 Å². The maximum absolute atomic E-state index is 11.7. The number of rotatable bonds is 6. The zero-order valence-corrected chi connectivity index (χ0v) is 18.2. The van der Waals surface area contributed by atoms with E-state index in [1.54, 1.807) is 6.33 Å². The number of nitrogens with zero attached hydrogens (tertiary/aromatic N) is 4. The van der Waals surface area contributed by atoms with Gasteiger partial charge in [-0.25, -0.2) is 9.88 Å². The fourth-order valence-corrected chi connectivity index (χ4v) is 5.24. The number of imidazole rings is 1. The monoisotopic (exact) mass is 450 g/mol. The molecule has 2 aromatic heterocycles. The van der Waals surface area contributed by atoms with Gasteiger partial charge in [-0.05, 0) is 12.1 Å². The molecular formula is C23H22N4O4S. The van der Waals surface area contributed by atoms with Gasteiger partial charge in [-0.15, -0.1) is 0 Å². The number of hydrogen-bond donors (Lipinski definition) is 0. The fraction of sp³-hybridized carbons (Fsp3) is 0.304. The second kappa shape index (κ2) is 8.02. The topological polar surface area (TPSA) is 95.2 Å². The van der Waals surface area contributed by atoms with Crippen molar-refractivity contribution in [3.63, 3.8) is 0 Å². The van der Waals surface area contributed by atoms with E-state index in [1.807, 2.05) is 59.2 Å². The summed E-state index contributed by atoms with van der Waals surface area (Å²) in [6.45, 7) is 1.39. The van der Waals surface area contributed by atoms with E-state index in [9.17, 15) is 4.55 Å². The smallest absolute Gasteiger partial charge is 0.308 e. The van der Waals surface area contributed by atoms with Gasteiger partial charge in [-0.1, -0.05) is 53.6 Å². The second-order valence-corrected chi connectivity index (χ2v) is 9.65. The molecule has 2 aromatic carbocycles. The third-order valence-corrected chi connectivity index (χ3v) is 7.27. The number of benzene rings is 2. The lowest BCUT2D eigenvalue weighted by Crippen LogP contribution is -2.48. The Hall–Kier alpha value is -2.69. The van der Waals surface area contributed by atoms with Crippen molar-refractivity contribution in [2.75, 3.05) is 24.6 Å². The van der Waals surface area contributed by atoms with Gasteiger partial charge in [0.1, 0.15) is 29.3 Å². The molecule has 0 atom stereocenters. The van der Waals surface area contributed by atoms with Crippen LogP contribution in [0.5, 0.6) is 0 Å². The molecule has 2 aliphatic heterocycles. The first-order valence-corrected chi connectivity index (χ1v) is 12.2. The molecule has 4 heterocycles. The van der Waals surface area contributed by atoms with Crippen LogP contribution in [0.3, 0.4) is 0 Å². The van der Waals surface area contributed by atoms with Gasteiger partial charge in [0.15, 0.2) is 0 Å². The summed E-state index contributed by atoms with van der Waals surface area (Å²) < 4.78 is 19.9. The average Bonchev–Trinajstić information content (AvgIpc) is 3.31. The Bertz CT molecular complexity index is 1230. The largest absolute Gasteiger partial charge is 0.616 e. The number of para-hydroxylation sites is 2. The van der Waals surface area contributed by atoms with E-state index >= 15 is 0 Å². The third-order valence-electron chi connectivity index (χ3n) is 6.00. The molecule has 164 valence electrons. The van der Waals surface area contributed by atoms with Crippen LogP contribution in [0, 0.1) is 0 Å². The van der Waals surface area contributed by atoms with Crippen LogP contribution in [0.2, 0.25) is 0 Å². The van der Waals surface area contributed by atoms with Gasteiger partial charge in [-0.3, -0.25) is 4.57 Å². The quantitative estimate of drug-likeness (QED) is 0.253. The summed E-state index contributed by atoms with van der Waals surface area (Å²) in [6, 6.07) is 18.4. The maximum Gasteiger partial charge on any atom is 0.308 e. The average molecular weight is 451 g/mol. The lowest BCUT2D eigenvalue weighted by Gasteiger charge is -2.29. The molecule has 0 N–H and O–H groups in total. The van der Waals surface area contributed by atoms with Crippen molar-refractivity contribution < 1.29 is 18.7 Å². The molecule has 0 aliphatic carbocycles. The highest BCUT2D eigenvalue weighted by molar-refractivity contribution is 7.91. The zero-order valence-electron chi connectivity index (χ0n) is 17.3. The lowest BCUT2D eigenvalue weighted by atomic mass is 10.1. The molecule has 2 saturated heterocycles. The van der Waals surface area contributed by atoms with Gasteiger partial charge in [-0.2, -0.15) is 14.8 Å². The fourth-order valence-electron chi connectivity index (χ4n) is 4.19. The molecule has 32 heavy (non-hydrogen) atoms. The standard InChI is InChI=1S/C23H22N4O4S/c28-32-14-12-26(13-15-32)23(30-31-23)11-10-20-21(17-6-2-1-3-7-17)25-22(29-20)27-16-24-18-8-4-5-9-19(18)27/h1-9,16H,10-15H2. The molecule has 6 rings (SSSR count). The van der Waals surface area contributed by atoms with Crippen molar-refractivity contribution in [1.29, 1.82) is 0 Å². The first kappa shape index (κ1) is 20.0. The number of fused-ring (bicyclic) bond motifs is 1. The highest BCUT2D eigenvalue weighted by Gasteiger charge is 2.55. The molecule has 9 heteroatoms. The minimum Gasteiger partial charge on any atom is -0.616 e. The summed E-state index contributed by atoms with van der Waals surface area (Å²) in [4.78, 5) is 22.3. The first-order chi connectivity index (χ1) is 15.7. The van der Waals surface area contributed by atoms with Gasteiger partial charge in [0, 0.05) is 31.5 Å². The van der Waals surface area contributed by atoms with Crippen LogP contribution in [-0.4, -0.2) is 54.5 Å². The van der Waals surface area contributed by atoms with E-state index in [1.165, 1.54) is 0 Å². The van der Waals surface area contributed by atoms with Crippen molar-refractivity contribution in [2.24, 2.45) is 0 Å². The number of oxazole rings is 1. The zero-order chi connectivity index (χ0) is 21.5. The van der Waals surface area contributed by atoms with Gasteiger partial charge < -0.3 is 8.97 Å². The Balaban J connectivity index is 1.31. The Morgan fingerprint density at radius 3 is 2.53 bits per heavy atom. The molecule has 0 spiro atoms. The van der Waals surface area contributed by atoms with Crippen molar-refractivity contribution in [1.82, 2.24) is 19.4 Å². The van der Waals surface area contributed by atoms with Crippen LogP contribution < -0.4 is 0 Å². The Labute approximate surface area is 187 Å². The molecule has 4 aromatic rings. The van der Waals surface area contributed by atoms with Gasteiger partial charge in [0.05, 0.1) is 11.0 Å². The van der Waals surface area contributed by atoms with E-state index in [0.29, 0.717) is 43.5 Å². The van der Waals surface area contributed by atoms with Gasteiger partial charge >= 0.3 is 6.01 Å². The van der Waals surface area contributed by atoms with E-state index in [-0.39, 0.29) is 0 Å². The van der Waals surface area contributed by atoms with Gasteiger partial charge in [0.25, 0.3) is 5.91 Å². The SMILES string of the molecule is [O-][S+]1CCN(C2(CCc3oc(-n4cnc5ccccc54)nc3-c3ccccc3)OO2)CC1. The summed E-state index contributed by atoms with van der Waals surface area (Å²) in [5.41, 5.74) is 3.61. The number of hydrogen-bond acceptors (Lipinski definition) is 7. The summed E-state index contributed by atoms with van der Waals surface area (Å²) in [5, 5.41) is 0. The molecule has 0 bridgehead atoms. The minimum atomic E-state index is -0.757. The highest BCUT2D eigenvalue weighted by Crippen LogP contribution is 2.40. The normalized spacial score (nSPS) is 18.9. The maximum atomic E-state index is 11.7. The van der Waals surface area contributed by atoms with Crippen molar-refractivity contribution in [3.05, 3.63) is 66.7 Å². The number of aromatic nitrogens is 3. The lowest BCUT2D eigenvalue weighted by molar-refractivity contribution is 0.0762. The van der Waals surface area contributed by atoms with E-state index in [0.717, 1.165) is 28.1 Å².